The highest BCUT2D eigenvalue weighted by atomic mass is 16.5. The summed E-state index contributed by atoms with van der Waals surface area (Å²) in [6.45, 7) is 4.33. The van der Waals surface area contributed by atoms with Crippen LogP contribution in [0, 0.1) is 0 Å². The normalized spacial score (nSPS) is 18.8. The van der Waals surface area contributed by atoms with Gasteiger partial charge >= 0.3 is 6.03 Å². The standard InChI is InChI=1S/C22H27N3O2/c1-27-20-9-7-19(8-10-20)22(11-12-22)23-21(26)25-15-13-24(14-16-25)17-18-5-3-2-4-6-18/h2-10H,11-17H2,1H3,(H,23,26). The molecule has 27 heavy (non-hydrogen) atoms. The number of hydrogen-bond donors (Lipinski definition) is 1. The van der Waals surface area contributed by atoms with Gasteiger partial charge in [0.15, 0.2) is 0 Å². The summed E-state index contributed by atoms with van der Waals surface area (Å²) >= 11 is 0. The number of nitrogens with one attached hydrogen (secondary N) is 1. The maximum Gasteiger partial charge on any atom is 0.318 e. The number of carbonyl (C=O) groups excluding carboxylic acids is 1. The summed E-state index contributed by atoms with van der Waals surface area (Å²) in [4.78, 5) is 17.1. The van der Waals surface area contributed by atoms with Gasteiger partial charge in [-0.05, 0) is 36.1 Å². The number of rotatable bonds is 5. The van der Waals surface area contributed by atoms with Gasteiger partial charge < -0.3 is 15.0 Å². The molecular formula is C22H27N3O2. The monoisotopic (exact) mass is 365 g/mol. The minimum Gasteiger partial charge on any atom is -0.497 e. The molecule has 1 aliphatic carbocycles. The molecule has 1 saturated carbocycles. The number of urea groups is 1. The third kappa shape index (κ3) is 4.08. The lowest BCUT2D eigenvalue weighted by Gasteiger charge is -2.35. The Morgan fingerprint density at radius 2 is 1.67 bits per heavy atom. The molecule has 2 aromatic rings. The Balaban J connectivity index is 1.30. The molecule has 1 saturated heterocycles. The highest BCUT2D eigenvalue weighted by Crippen LogP contribution is 2.46. The van der Waals surface area contributed by atoms with Crippen LogP contribution >= 0.6 is 0 Å². The van der Waals surface area contributed by atoms with Gasteiger partial charge in [-0.3, -0.25) is 4.90 Å². The van der Waals surface area contributed by atoms with E-state index in [1.165, 1.54) is 11.1 Å². The average Bonchev–Trinajstić information content (AvgIpc) is 3.50. The average molecular weight is 365 g/mol. The Labute approximate surface area is 160 Å². The molecule has 2 fully saturated rings. The van der Waals surface area contributed by atoms with Gasteiger partial charge in [0.05, 0.1) is 12.6 Å². The second-order valence-corrected chi connectivity index (χ2v) is 7.49. The maximum absolute atomic E-state index is 12.8. The fourth-order valence-electron chi connectivity index (χ4n) is 3.76. The predicted molar refractivity (Wildman–Crippen MR) is 106 cm³/mol. The molecule has 0 unspecified atom stereocenters. The molecular weight excluding hydrogens is 338 g/mol. The summed E-state index contributed by atoms with van der Waals surface area (Å²) in [5.41, 5.74) is 2.30. The predicted octanol–water partition coefficient (Wildman–Crippen LogP) is 3.21. The second kappa shape index (κ2) is 7.61. The van der Waals surface area contributed by atoms with Crippen LogP contribution in [0.3, 0.4) is 0 Å². The fraction of sp³-hybridized carbons (Fsp3) is 0.409. The zero-order valence-corrected chi connectivity index (χ0v) is 15.9. The van der Waals surface area contributed by atoms with Crippen LogP contribution in [-0.2, 0) is 12.1 Å². The van der Waals surface area contributed by atoms with Gasteiger partial charge in [0.1, 0.15) is 5.75 Å². The zero-order chi connectivity index (χ0) is 18.7. The van der Waals surface area contributed by atoms with Crippen molar-refractivity contribution in [1.82, 2.24) is 15.1 Å². The van der Waals surface area contributed by atoms with Gasteiger partial charge in [-0.15, -0.1) is 0 Å². The number of carbonyl (C=O) groups is 1. The largest absolute Gasteiger partial charge is 0.497 e. The molecule has 1 heterocycles. The maximum atomic E-state index is 12.8. The van der Waals surface area contributed by atoms with Crippen molar-refractivity contribution in [1.29, 1.82) is 0 Å². The van der Waals surface area contributed by atoms with Crippen LogP contribution < -0.4 is 10.1 Å². The molecule has 0 bridgehead atoms. The Morgan fingerprint density at radius 1 is 1.00 bits per heavy atom. The Kier molecular flexibility index (Phi) is 5.03. The second-order valence-electron chi connectivity index (χ2n) is 7.49. The van der Waals surface area contributed by atoms with E-state index in [1.807, 2.05) is 23.1 Å². The quantitative estimate of drug-likeness (QED) is 0.885. The fourth-order valence-corrected chi connectivity index (χ4v) is 3.76. The van der Waals surface area contributed by atoms with Crippen LogP contribution in [0.5, 0.6) is 5.75 Å². The van der Waals surface area contributed by atoms with E-state index in [4.69, 9.17) is 4.74 Å². The van der Waals surface area contributed by atoms with E-state index in [0.29, 0.717) is 0 Å². The third-order valence-electron chi connectivity index (χ3n) is 5.65. The van der Waals surface area contributed by atoms with Crippen LogP contribution in [0.1, 0.15) is 24.0 Å². The summed E-state index contributed by atoms with van der Waals surface area (Å²) in [6, 6.07) is 18.6. The van der Waals surface area contributed by atoms with E-state index >= 15 is 0 Å². The van der Waals surface area contributed by atoms with Crippen molar-refractivity contribution < 1.29 is 9.53 Å². The first-order valence-electron chi connectivity index (χ1n) is 9.66. The molecule has 1 aliphatic heterocycles. The van der Waals surface area contributed by atoms with Crippen molar-refractivity contribution in [2.24, 2.45) is 0 Å². The van der Waals surface area contributed by atoms with E-state index in [1.54, 1.807) is 7.11 Å². The van der Waals surface area contributed by atoms with Crippen molar-refractivity contribution in [3.8, 4) is 5.75 Å². The number of methoxy groups -OCH3 is 1. The van der Waals surface area contributed by atoms with E-state index in [-0.39, 0.29) is 11.6 Å². The van der Waals surface area contributed by atoms with E-state index in [0.717, 1.165) is 51.3 Å². The molecule has 4 rings (SSSR count). The van der Waals surface area contributed by atoms with Gasteiger partial charge in [-0.25, -0.2) is 4.79 Å². The van der Waals surface area contributed by atoms with Crippen LogP contribution in [0.4, 0.5) is 4.79 Å². The summed E-state index contributed by atoms with van der Waals surface area (Å²) in [5.74, 6) is 0.843. The lowest BCUT2D eigenvalue weighted by molar-refractivity contribution is 0.132. The molecule has 2 aliphatic rings. The smallest absolute Gasteiger partial charge is 0.318 e. The Hall–Kier alpha value is -2.53. The summed E-state index contributed by atoms with van der Waals surface area (Å²) in [5, 5.41) is 3.28. The van der Waals surface area contributed by atoms with E-state index < -0.39 is 0 Å². The Bertz CT molecular complexity index is 764. The van der Waals surface area contributed by atoms with Crippen LogP contribution in [0.25, 0.3) is 0 Å². The van der Waals surface area contributed by atoms with Crippen molar-refractivity contribution in [3.05, 3.63) is 65.7 Å². The number of amides is 2. The first kappa shape index (κ1) is 17.9. The molecule has 5 heteroatoms. The Morgan fingerprint density at radius 3 is 2.26 bits per heavy atom. The highest BCUT2D eigenvalue weighted by molar-refractivity contribution is 5.76. The minimum atomic E-state index is -0.190. The van der Waals surface area contributed by atoms with Crippen molar-refractivity contribution in [3.63, 3.8) is 0 Å². The first-order valence-corrected chi connectivity index (χ1v) is 9.66. The lowest BCUT2D eigenvalue weighted by Crippen LogP contribution is -2.53. The molecule has 0 spiro atoms. The molecule has 142 valence electrons. The van der Waals surface area contributed by atoms with Crippen LogP contribution in [0.2, 0.25) is 0 Å². The summed E-state index contributed by atoms with van der Waals surface area (Å²) in [7, 11) is 1.67. The van der Waals surface area contributed by atoms with Gasteiger partial charge in [-0.2, -0.15) is 0 Å². The zero-order valence-electron chi connectivity index (χ0n) is 15.9. The summed E-state index contributed by atoms with van der Waals surface area (Å²) in [6.07, 6.45) is 2.00. The number of benzene rings is 2. The van der Waals surface area contributed by atoms with Gasteiger partial charge in [-0.1, -0.05) is 42.5 Å². The molecule has 0 atom stereocenters. The van der Waals surface area contributed by atoms with Crippen molar-refractivity contribution in [2.75, 3.05) is 33.3 Å². The van der Waals surface area contributed by atoms with Crippen LogP contribution in [-0.4, -0.2) is 49.1 Å². The molecule has 5 nitrogen and oxygen atoms in total. The summed E-state index contributed by atoms with van der Waals surface area (Å²) < 4.78 is 5.23. The topological polar surface area (TPSA) is 44.8 Å². The number of hydrogen-bond acceptors (Lipinski definition) is 3. The highest BCUT2D eigenvalue weighted by Gasteiger charge is 2.46. The molecule has 2 aromatic carbocycles. The van der Waals surface area contributed by atoms with E-state index in [9.17, 15) is 4.79 Å². The molecule has 0 aromatic heterocycles. The molecule has 1 N–H and O–H groups in total. The van der Waals surface area contributed by atoms with Gasteiger partial charge in [0.25, 0.3) is 0 Å². The SMILES string of the molecule is COc1ccc(C2(NC(=O)N3CCN(Cc4ccccc4)CC3)CC2)cc1. The number of nitrogens with zero attached hydrogens (tertiary/aromatic N) is 2. The third-order valence-corrected chi connectivity index (χ3v) is 5.65. The van der Waals surface area contributed by atoms with Gasteiger partial charge in [0.2, 0.25) is 0 Å². The van der Waals surface area contributed by atoms with Crippen molar-refractivity contribution >= 4 is 6.03 Å². The lowest BCUT2D eigenvalue weighted by atomic mass is 10.0. The number of ether oxygens (including phenoxy) is 1. The van der Waals surface area contributed by atoms with Gasteiger partial charge in [0, 0.05) is 32.7 Å². The van der Waals surface area contributed by atoms with E-state index in [2.05, 4.69) is 46.6 Å². The molecule has 0 radical (unpaired) electrons. The van der Waals surface area contributed by atoms with Crippen molar-refractivity contribution in [2.45, 2.75) is 24.9 Å². The minimum absolute atomic E-state index is 0.0580. The molecule has 2 amide bonds. The van der Waals surface area contributed by atoms with Crippen LogP contribution in [0.15, 0.2) is 54.6 Å². The number of piperazine rings is 1. The first-order chi connectivity index (χ1) is 13.2.